The Bertz CT molecular complexity index is 1380. The number of fused-ring (bicyclic) bond motifs is 1. The number of carbonyl (C=O) groups excluding carboxylic acids is 1. The average molecular weight is 427 g/mol. The van der Waals surface area contributed by atoms with Crippen molar-refractivity contribution in [3.8, 4) is 11.4 Å². The molecule has 0 atom stereocenters. The summed E-state index contributed by atoms with van der Waals surface area (Å²) in [6, 6.07) is 16.5. The standard InChI is InChI=1S/C24H21N5O3/c1-4-17-18-14-25-24(27-19-12-8-9-13-20(19)32-3)28-22(18)29(16-10-6-5-7-11-16)23(31)21(17)26-15(2)30/h4-14H,1H2,2-3H3,(H,26,30)(H,25,27,28). The highest BCUT2D eigenvalue weighted by Crippen LogP contribution is 2.29. The fraction of sp³-hybridized carbons (Fsp3) is 0.0833. The van der Waals surface area contributed by atoms with E-state index < -0.39 is 5.56 Å². The molecule has 0 unspecified atom stereocenters. The van der Waals surface area contributed by atoms with E-state index >= 15 is 0 Å². The Kier molecular flexibility index (Phi) is 5.67. The van der Waals surface area contributed by atoms with Crippen molar-refractivity contribution in [2.75, 3.05) is 17.7 Å². The molecule has 2 heterocycles. The number of aromatic nitrogens is 3. The lowest BCUT2D eigenvalue weighted by atomic mass is 10.1. The number of hydrogen-bond acceptors (Lipinski definition) is 6. The first-order valence-electron chi connectivity index (χ1n) is 9.84. The van der Waals surface area contributed by atoms with Gasteiger partial charge in [-0.15, -0.1) is 0 Å². The fourth-order valence-corrected chi connectivity index (χ4v) is 3.45. The SMILES string of the molecule is C=Cc1c(NC(C)=O)c(=O)n(-c2ccccc2)c2nc(Nc3ccccc3OC)ncc12. The molecule has 0 aliphatic carbocycles. The first-order valence-corrected chi connectivity index (χ1v) is 9.84. The highest BCUT2D eigenvalue weighted by atomic mass is 16.5. The van der Waals surface area contributed by atoms with Crippen LogP contribution in [0.4, 0.5) is 17.3 Å². The summed E-state index contributed by atoms with van der Waals surface area (Å²) < 4.78 is 6.83. The topological polar surface area (TPSA) is 98.1 Å². The molecule has 0 saturated heterocycles. The number of nitrogens with zero attached hydrogens (tertiary/aromatic N) is 3. The van der Waals surface area contributed by atoms with Gasteiger partial charge in [0.05, 0.1) is 18.5 Å². The monoisotopic (exact) mass is 427 g/mol. The Hall–Kier alpha value is -4.46. The number of rotatable bonds is 6. The summed E-state index contributed by atoms with van der Waals surface area (Å²) in [7, 11) is 1.58. The number of para-hydroxylation sites is 3. The normalized spacial score (nSPS) is 10.6. The van der Waals surface area contributed by atoms with E-state index in [0.717, 1.165) is 0 Å². The van der Waals surface area contributed by atoms with E-state index in [9.17, 15) is 9.59 Å². The number of carbonyl (C=O) groups is 1. The third kappa shape index (κ3) is 3.81. The summed E-state index contributed by atoms with van der Waals surface area (Å²) in [6.45, 7) is 5.17. The Morgan fingerprint density at radius 2 is 1.84 bits per heavy atom. The van der Waals surface area contributed by atoms with E-state index in [0.29, 0.717) is 33.7 Å². The molecule has 0 fully saturated rings. The van der Waals surface area contributed by atoms with Crippen LogP contribution >= 0.6 is 0 Å². The number of ether oxygens (including phenoxy) is 1. The molecule has 0 radical (unpaired) electrons. The van der Waals surface area contributed by atoms with Gasteiger partial charge in [-0.2, -0.15) is 4.98 Å². The van der Waals surface area contributed by atoms with Gasteiger partial charge in [0, 0.05) is 24.1 Å². The van der Waals surface area contributed by atoms with Crippen LogP contribution in [0.1, 0.15) is 12.5 Å². The van der Waals surface area contributed by atoms with Crippen LogP contribution in [0.3, 0.4) is 0 Å². The van der Waals surface area contributed by atoms with Crippen LogP contribution in [0.15, 0.2) is 72.2 Å². The quantitative estimate of drug-likeness (QED) is 0.480. The molecule has 4 rings (SSSR count). The van der Waals surface area contributed by atoms with Crippen LogP contribution in [-0.4, -0.2) is 27.6 Å². The summed E-state index contributed by atoms with van der Waals surface area (Å²) in [6.07, 6.45) is 3.11. The van der Waals surface area contributed by atoms with E-state index in [-0.39, 0.29) is 17.5 Å². The maximum Gasteiger partial charge on any atom is 0.281 e. The van der Waals surface area contributed by atoms with E-state index in [1.54, 1.807) is 25.4 Å². The molecule has 2 aromatic carbocycles. The number of hydrogen-bond donors (Lipinski definition) is 2. The van der Waals surface area contributed by atoms with E-state index in [2.05, 4.69) is 27.2 Å². The molecule has 0 bridgehead atoms. The largest absolute Gasteiger partial charge is 0.495 e. The van der Waals surface area contributed by atoms with Crippen LogP contribution < -0.4 is 20.9 Å². The van der Waals surface area contributed by atoms with Crippen LogP contribution in [-0.2, 0) is 4.79 Å². The summed E-state index contributed by atoms with van der Waals surface area (Å²) in [5, 5.41) is 6.34. The van der Waals surface area contributed by atoms with Gasteiger partial charge in [-0.3, -0.25) is 14.2 Å². The van der Waals surface area contributed by atoms with Crippen molar-refractivity contribution in [1.82, 2.24) is 14.5 Å². The zero-order valence-electron chi connectivity index (χ0n) is 17.6. The smallest absolute Gasteiger partial charge is 0.281 e. The van der Waals surface area contributed by atoms with Gasteiger partial charge in [-0.1, -0.05) is 43.0 Å². The minimum atomic E-state index is -0.421. The number of pyridine rings is 1. The van der Waals surface area contributed by atoms with Gasteiger partial charge in [0.2, 0.25) is 11.9 Å². The molecule has 0 aliphatic rings. The minimum absolute atomic E-state index is 0.123. The summed E-state index contributed by atoms with van der Waals surface area (Å²) in [4.78, 5) is 34.3. The maximum atomic E-state index is 13.5. The lowest BCUT2D eigenvalue weighted by Gasteiger charge is -2.17. The van der Waals surface area contributed by atoms with Gasteiger partial charge in [0.1, 0.15) is 11.4 Å². The predicted molar refractivity (Wildman–Crippen MR) is 126 cm³/mol. The second-order valence-corrected chi connectivity index (χ2v) is 6.91. The molecule has 0 spiro atoms. The van der Waals surface area contributed by atoms with Crippen LogP contribution in [0, 0.1) is 0 Å². The van der Waals surface area contributed by atoms with E-state index in [1.165, 1.54) is 17.6 Å². The van der Waals surface area contributed by atoms with Crippen molar-refractivity contribution in [1.29, 1.82) is 0 Å². The summed E-state index contributed by atoms with van der Waals surface area (Å²) >= 11 is 0. The Labute approximate surface area is 184 Å². The van der Waals surface area contributed by atoms with Gasteiger partial charge in [0.15, 0.2) is 5.65 Å². The predicted octanol–water partition coefficient (Wildman–Crippen LogP) is 4.13. The van der Waals surface area contributed by atoms with Crippen molar-refractivity contribution < 1.29 is 9.53 Å². The lowest BCUT2D eigenvalue weighted by Crippen LogP contribution is -2.26. The average Bonchev–Trinajstić information content (AvgIpc) is 2.80. The number of amides is 1. The zero-order chi connectivity index (χ0) is 22.7. The number of anilines is 3. The molecule has 0 saturated carbocycles. The molecular formula is C24H21N5O3. The van der Waals surface area contributed by atoms with Crippen LogP contribution in [0.5, 0.6) is 5.75 Å². The Balaban J connectivity index is 1.99. The Morgan fingerprint density at radius 1 is 1.12 bits per heavy atom. The minimum Gasteiger partial charge on any atom is -0.495 e. The number of nitrogens with one attached hydrogen (secondary N) is 2. The van der Waals surface area contributed by atoms with Crippen molar-refractivity contribution in [2.45, 2.75) is 6.92 Å². The second-order valence-electron chi connectivity index (χ2n) is 6.91. The highest BCUT2D eigenvalue weighted by molar-refractivity contribution is 5.98. The van der Waals surface area contributed by atoms with Crippen molar-refractivity contribution in [3.63, 3.8) is 0 Å². The van der Waals surface area contributed by atoms with Gasteiger partial charge in [-0.05, 0) is 24.3 Å². The molecule has 4 aromatic rings. The molecule has 2 N–H and O–H groups in total. The number of benzene rings is 2. The van der Waals surface area contributed by atoms with Crippen LogP contribution in [0.2, 0.25) is 0 Å². The summed E-state index contributed by atoms with van der Waals surface area (Å²) in [5.74, 6) is 0.553. The van der Waals surface area contributed by atoms with Crippen molar-refractivity contribution in [3.05, 3.63) is 83.3 Å². The first kappa shape index (κ1) is 20.8. The highest BCUT2D eigenvalue weighted by Gasteiger charge is 2.19. The lowest BCUT2D eigenvalue weighted by molar-refractivity contribution is -0.114. The third-order valence-electron chi connectivity index (χ3n) is 4.83. The molecule has 160 valence electrons. The van der Waals surface area contributed by atoms with E-state index in [4.69, 9.17) is 4.74 Å². The van der Waals surface area contributed by atoms with Gasteiger partial charge in [0.25, 0.3) is 5.56 Å². The Morgan fingerprint density at radius 3 is 2.53 bits per heavy atom. The van der Waals surface area contributed by atoms with E-state index in [1.807, 2.05) is 42.5 Å². The van der Waals surface area contributed by atoms with Crippen molar-refractivity contribution >= 4 is 40.3 Å². The van der Waals surface area contributed by atoms with Crippen LogP contribution in [0.25, 0.3) is 22.8 Å². The van der Waals surface area contributed by atoms with Gasteiger partial charge < -0.3 is 15.4 Å². The molecule has 32 heavy (non-hydrogen) atoms. The van der Waals surface area contributed by atoms with Crippen molar-refractivity contribution in [2.24, 2.45) is 0 Å². The second kappa shape index (κ2) is 8.73. The van der Waals surface area contributed by atoms with Gasteiger partial charge >= 0.3 is 0 Å². The molecule has 2 aromatic heterocycles. The zero-order valence-corrected chi connectivity index (χ0v) is 17.6. The first-order chi connectivity index (χ1) is 15.5. The fourth-order valence-electron chi connectivity index (χ4n) is 3.45. The third-order valence-corrected chi connectivity index (χ3v) is 4.83. The molecule has 8 nitrogen and oxygen atoms in total. The number of methoxy groups -OCH3 is 1. The summed E-state index contributed by atoms with van der Waals surface area (Å²) in [5.41, 5.74) is 1.82. The van der Waals surface area contributed by atoms with Gasteiger partial charge in [-0.25, -0.2) is 4.98 Å². The molecular weight excluding hydrogens is 406 g/mol. The molecule has 0 aliphatic heterocycles. The molecule has 1 amide bonds. The maximum absolute atomic E-state index is 13.5. The molecule has 8 heteroatoms.